The van der Waals surface area contributed by atoms with E-state index < -0.39 is 6.16 Å². The third kappa shape index (κ3) is 3.33. The lowest BCUT2D eigenvalue weighted by Gasteiger charge is -2.08. The number of hydrogen-bond acceptors (Lipinski definition) is 3. The molecule has 5 heteroatoms. The molecule has 0 fully saturated rings. The van der Waals surface area contributed by atoms with E-state index in [0.29, 0.717) is 5.75 Å². The maximum atomic E-state index is 11.0. The molecule has 0 aliphatic rings. The molecule has 0 bridgehead atoms. The van der Waals surface area contributed by atoms with Gasteiger partial charge in [0.05, 0.1) is 14.3 Å². The van der Waals surface area contributed by atoms with Crippen LogP contribution in [0.1, 0.15) is 5.56 Å². The van der Waals surface area contributed by atoms with Crippen molar-refractivity contribution in [2.45, 2.75) is 0 Å². The van der Waals surface area contributed by atoms with Gasteiger partial charge in [0.25, 0.3) is 0 Å². The molecule has 0 amide bonds. The second kappa shape index (κ2) is 5.69. The molecule has 0 atom stereocenters. The summed E-state index contributed by atoms with van der Waals surface area (Å²) in [7, 11) is 1.28. The van der Waals surface area contributed by atoms with E-state index in [1.54, 1.807) is 6.08 Å². The van der Waals surface area contributed by atoms with Crippen molar-refractivity contribution >= 4 is 57.4 Å². The van der Waals surface area contributed by atoms with Gasteiger partial charge in [0.2, 0.25) is 0 Å². The van der Waals surface area contributed by atoms with Crippen molar-refractivity contribution in [3.05, 3.63) is 31.4 Å². The first-order chi connectivity index (χ1) is 7.08. The standard InChI is InChI=1S/C10H8I2O3/c1-3-6-4-7(11)9(8(12)5-6)15-10(13)14-2/h3-5H,1H2,2H3. The largest absolute Gasteiger partial charge is 0.513 e. The Morgan fingerprint density at radius 2 is 1.93 bits per heavy atom. The van der Waals surface area contributed by atoms with Crippen LogP contribution in [0.5, 0.6) is 5.75 Å². The molecule has 1 aromatic rings. The number of benzene rings is 1. The summed E-state index contributed by atoms with van der Waals surface area (Å²) < 4.78 is 11.1. The highest BCUT2D eigenvalue weighted by Crippen LogP contribution is 2.29. The molecule has 0 heterocycles. The predicted molar refractivity (Wildman–Crippen MR) is 75.0 cm³/mol. The number of methoxy groups -OCH3 is 1. The zero-order valence-corrected chi connectivity index (χ0v) is 12.2. The van der Waals surface area contributed by atoms with Gasteiger partial charge in [0, 0.05) is 0 Å². The first-order valence-corrected chi connectivity index (χ1v) is 6.11. The van der Waals surface area contributed by atoms with Crippen LogP contribution < -0.4 is 4.74 Å². The van der Waals surface area contributed by atoms with Crippen LogP contribution in [0.2, 0.25) is 0 Å². The maximum absolute atomic E-state index is 11.0. The lowest BCUT2D eigenvalue weighted by atomic mass is 10.2. The van der Waals surface area contributed by atoms with Crippen LogP contribution >= 0.6 is 45.2 Å². The molecule has 0 spiro atoms. The van der Waals surface area contributed by atoms with E-state index in [4.69, 9.17) is 4.74 Å². The summed E-state index contributed by atoms with van der Waals surface area (Å²) in [4.78, 5) is 11.0. The van der Waals surface area contributed by atoms with Crippen LogP contribution in [0.3, 0.4) is 0 Å². The smallest absolute Gasteiger partial charge is 0.437 e. The normalized spacial score (nSPS) is 9.53. The van der Waals surface area contributed by atoms with Crippen LogP contribution in [0.25, 0.3) is 6.08 Å². The summed E-state index contributed by atoms with van der Waals surface area (Å²) in [5, 5.41) is 0. The van der Waals surface area contributed by atoms with Gasteiger partial charge in [-0.3, -0.25) is 0 Å². The summed E-state index contributed by atoms with van der Waals surface area (Å²) in [6, 6.07) is 3.77. The molecule has 1 aromatic carbocycles. The van der Waals surface area contributed by atoms with Gasteiger partial charge in [-0.15, -0.1) is 0 Å². The fourth-order valence-corrected chi connectivity index (χ4v) is 2.96. The number of rotatable bonds is 2. The maximum Gasteiger partial charge on any atom is 0.513 e. The van der Waals surface area contributed by atoms with Gasteiger partial charge in [-0.2, -0.15) is 0 Å². The van der Waals surface area contributed by atoms with E-state index in [-0.39, 0.29) is 0 Å². The highest BCUT2D eigenvalue weighted by Gasteiger charge is 2.12. The van der Waals surface area contributed by atoms with Crippen molar-refractivity contribution in [1.82, 2.24) is 0 Å². The summed E-state index contributed by atoms with van der Waals surface area (Å²) >= 11 is 4.20. The SMILES string of the molecule is C=Cc1cc(I)c(OC(=O)OC)c(I)c1. The topological polar surface area (TPSA) is 35.5 Å². The number of hydrogen-bond donors (Lipinski definition) is 0. The van der Waals surface area contributed by atoms with Gasteiger partial charge in [0.1, 0.15) is 0 Å². The van der Waals surface area contributed by atoms with Crippen LogP contribution in [-0.4, -0.2) is 13.3 Å². The summed E-state index contributed by atoms with van der Waals surface area (Å²) in [5.41, 5.74) is 0.987. The van der Waals surface area contributed by atoms with Crippen molar-refractivity contribution in [1.29, 1.82) is 0 Å². The average molecular weight is 430 g/mol. The highest BCUT2D eigenvalue weighted by atomic mass is 127. The van der Waals surface area contributed by atoms with Crippen LogP contribution in [0.4, 0.5) is 4.79 Å². The van der Waals surface area contributed by atoms with E-state index in [2.05, 4.69) is 56.5 Å². The van der Waals surface area contributed by atoms with Crippen molar-refractivity contribution < 1.29 is 14.3 Å². The zero-order valence-electron chi connectivity index (χ0n) is 7.92. The van der Waals surface area contributed by atoms with Gasteiger partial charge in [-0.25, -0.2) is 4.79 Å². The van der Waals surface area contributed by atoms with E-state index in [1.807, 2.05) is 12.1 Å². The van der Waals surface area contributed by atoms with Crippen molar-refractivity contribution in [2.24, 2.45) is 0 Å². The molecular formula is C10H8I2O3. The molecule has 0 aromatic heterocycles. The molecular weight excluding hydrogens is 422 g/mol. The van der Waals surface area contributed by atoms with E-state index in [1.165, 1.54) is 7.11 Å². The summed E-state index contributed by atoms with van der Waals surface area (Å²) in [6.45, 7) is 3.68. The molecule has 3 nitrogen and oxygen atoms in total. The highest BCUT2D eigenvalue weighted by molar-refractivity contribution is 14.1. The van der Waals surface area contributed by atoms with Crippen LogP contribution in [-0.2, 0) is 4.74 Å². The Hall–Kier alpha value is -0.310. The third-order valence-electron chi connectivity index (χ3n) is 1.61. The van der Waals surface area contributed by atoms with Crippen molar-refractivity contribution in [3.8, 4) is 5.75 Å². The Labute approximate surface area is 115 Å². The van der Waals surface area contributed by atoms with E-state index in [9.17, 15) is 4.79 Å². The molecule has 0 N–H and O–H groups in total. The molecule has 80 valence electrons. The average Bonchev–Trinajstić information content (AvgIpc) is 2.22. The first-order valence-electron chi connectivity index (χ1n) is 3.95. The van der Waals surface area contributed by atoms with Crippen molar-refractivity contribution in [3.63, 3.8) is 0 Å². The van der Waals surface area contributed by atoms with Gasteiger partial charge in [0.15, 0.2) is 5.75 Å². The van der Waals surface area contributed by atoms with Crippen LogP contribution in [0, 0.1) is 7.14 Å². The Bertz CT molecular complexity index is 379. The summed E-state index contributed by atoms with van der Waals surface area (Å²) in [5.74, 6) is 0.522. The molecule has 0 saturated heterocycles. The Balaban J connectivity index is 3.08. The lowest BCUT2D eigenvalue weighted by molar-refractivity contribution is 0.121. The van der Waals surface area contributed by atoms with E-state index in [0.717, 1.165) is 12.7 Å². The van der Waals surface area contributed by atoms with Crippen molar-refractivity contribution in [2.75, 3.05) is 7.11 Å². The monoisotopic (exact) mass is 430 g/mol. The Morgan fingerprint density at radius 3 is 2.33 bits per heavy atom. The Morgan fingerprint density at radius 1 is 1.40 bits per heavy atom. The fourth-order valence-electron chi connectivity index (χ4n) is 0.920. The molecule has 0 aliphatic heterocycles. The number of halogens is 2. The van der Waals surface area contributed by atoms with Crippen LogP contribution in [0.15, 0.2) is 18.7 Å². The Kier molecular flexibility index (Phi) is 4.84. The van der Waals surface area contributed by atoms with Gasteiger partial charge < -0.3 is 9.47 Å². The minimum atomic E-state index is -0.711. The van der Waals surface area contributed by atoms with Gasteiger partial charge in [-0.1, -0.05) is 12.7 Å². The molecule has 0 aliphatic carbocycles. The molecule has 0 saturated carbocycles. The minimum absolute atomic E-state index is 0.522. The van der Waals surface area contributed by atoms with Gasteiger partial charge in [-0.05, 0) is 62.9 Å². The molecule has 1 rings (SSSR count). The third-order valence-corrected chi connectivity index (χ3v) is 3.21. The number of ether oxygens (including phenoxy) is 2. The number of carbonyl (C=O) groups is 1. The second-order valence-electron chi connectivity index (χ2n) is 2.57. The second-order valence-corrected chi connectivity index (χ2v) is 4.90. The molecule has 15 heavy (non-hydrogen) atoms. The van der Waals surface area contributed by atoms with Gasteiger partial charge >= 0.3 is 6.16 Å². The molecule has 0 unspecified atom stereocenters. The zero-order chi connectivity index (χ0) is 11.4. The molecule has 0 radical (unpaired) electrons. The number of carbonyl (C=O) groups excluding carboxylic acids is 1. The quantitative estimate of drug-likeness (QED) is 0.408. The minimum Gasteiger partial charge on any atom is -0.437 e. The predicted octanol–water partition coefficient (Wildman–Crippen LogP) is 3.68. The lowest BCUT2D eigenvalue weighted by Crippen LogP contribution is -2.09. The van der Waals surface area contributed by atoms with E-state index >= 15 is 0 Å². The summed E-state index contributed by atoms with van der Waals surface area (Å²) in [6.07, 6.45) is 1.03. The fraction of sp³-hybridized carbons (Fsp3) is 0.100. The first kappa shape index (κ1) is 12.8.